The highest BCUT2D eigenvalue weighted by Crippen LogP contribution is 2.38. The van der Waals surface area contributed by atoms with Crippen LogP contribution in [-0.2, 0) is 16.0 Å². The van der Waals surface area contributed by atoms with Crippen LogP contribution in [0, 0.1) is 5.92 Å². The van der Waals surface area contributed by atoms with Gasteiger partial charge >= 0.3 is 0 Å². The van der Waals surface area contributed by atoms with Crippen LogP contribution in [0.1, 0.15) is 54.7 Å². The van der Waals surface area contributed by atoms with Gasteiger partial charge in [0, 0.05) is 23.9 Å². The molecule has 0 N–H and O–H groups in total. The maximum absolute atomic E-state index is 13.5. The molecule has 0 radical (unpaired) electrons. The molecule has 2 aromatic rings. The minimum Gasteiger partial charge on any atom is -0.497 e. The van der Waals surface area contributed by atoms with E-state index >= 15 is 0 Å². The van der Waals surface area contributed by atoms with Crippen LogP contribution in [0.4, 0.5) is 0 Å². The van der Waals surface area contributed by atoms with E-state index < -0.39 is 0 Å². The van der Waals surface area contributed by atoms with E-state index in [1.165, 1.54) is 10.4 Å². The molecule has 1 unspecified atom stereocenters. The van der Waals surface area contributed by atoms with Gasteiger partial charge in [-0.2, -0.15) is 0 Å². The van der Waals surface area contributed by atoms with Gasteiger partial charge in [0.15, 0.2) is 0 Å². The van der Waals surface area contributed by atoms with E-state index in [4.69, 9.17) is 4.74 Å². The minimum absolute atomic E-state index is 0.0396. The van der Waals surface area contributed by atoms with Crippen molar-refractivity contribution >= 4 is 23.2 Å². The second kappa shape index (κ2) is 9.21. The van der Waals surface area contributed by atoms with Crippen molar-refractivity contribution in [2.45, 2.75) is 45.1 Å². The monoisotopic (exact) mass is 426 g/mol. The third-order valence-electron chi connectivity index (χ3n) is 6.06. The Hall–Kier alpha value is -2.34. The fraction of sp³-hybridized carbons (Fsp3) is 0.500. The molecule has 6 heteroatoms. The zero-order chi connectivity index (χ0) is 21.1. The number of fused-ring (bicyclic) bond motifs is 1. The maximum Gasteiger partial charge on any atom is 0.242 e. The summed E-state index contributed by atoms with van der Waals surface area (Å²) in [6.07, 6.45) is 4.75. The Morgan fingerprint density at radius 1 is 1.20 bits per heavy atom. The number of carbonyl (C=O) groups is 2. The van der Waals surface area contributed by atoms with Crippen molar-refractivity contribution in [3.8, 4) is 5.75 Å². The first-order chi connectivity index (χ1) is 14.6. The Balaban J connectivity index is 1.58. The first kappa shape index (κ1) is 20.9. The lowest BCUT2D eigenvalue weighted by molar-refractivity contribution is -0.142. The fourth-order valence-electron chi connectivity index (χ4n) is 4.19. The van der Waals surface area contributed by atoms with Crippen molar-refractivity contribution in [3.05, 3.63) is 51.7 Å². The molecule has 1 aliphatic heterocycles. The first-order valence-corrected chi connectivity index (χ1v) is 11.8. The Kier molecular flexibility index (Phi) is 6.42. The number of nitrogens with zero attached hydrogens (tertiary/aromatic N) is 2. The summed E-state index contributed by atoms with van der Waals surface area (Å²) in [7, 11) is 1.66. The van der Waals surface area contributed by atoms with E-state index in [1.54, 1.807) is 23.3 Å². The predicted octanol–water partition coefficient (Wildman–Crippen LogP) is 4.27. The number of rotatable bonds is 8. The number of carbonyl (C=O) groups excluding carboxylic acids is 2. The topological polar surface area (TPSA) is 49.9 Å². The molecule has 1 aromatic heterocycles. The highest BCUT2D eigenvalue weighted by Gasteiger charge is 2.37. The van der Waals surface area contributed by atoms with Gasteiger partial charge in [-0.1, -0.05) is 25.5 Å². The molecule has 5 nitrogen and oxygen atoms in total. The minimum atomic E-state index is -0.109. The molecule has 0 bridgehead atoms. The van der Waals surface area contributed by atoms with Crippen LogP contribution in [0.5, 0.6) is 5.75 Å². The van der Waals surface area contributed by atoms with E-state index in [2.05, 4.69) is 18.4 Å². The summed E-state index contributed by atoms with van der Waals surface area (Å²) < 4.78 is 5.31. The van der Waals surface area contributed by atoms with Gasteiger partial charge in [-0.3, -0.25) is 9.59 Å². The van der Waals surface area contributed by atoms with Crippen LogP contribution in [-0.4, -0.2) is 48.4 Å². The van der Waals surface area contributed by atoms with Crippen molar-refractivity contribution in [1.82, 2.24) is 9.80 Å². The van der Waals surface area contributed by atoms with Gasteiger partial charge in [-0.25, -0.2) is 0 Å². The summed E-state index contributed by atoms with van der Waals surface area (Å²) in [5, 5.41) is 2.11. The number of hydrogen-bond donors (Lipinski definition) is 0. The van der Waals surface area contributed by atoms with Crippen LogP contribution in [0.2, 0.25) is 0 Å². The van der Waals surface area contributed by atoms with E-state index in [0.29, 0.717) is 13.1 Å². The smallest absolute Gasteiger partial charge is 0.242 e. The lowest BCUT2D eigenvalue weighted by Gasteiger charge is -2.37. The number of ether oxygens (including phenoxy) is 1. The zero-order valence-electron chi connectivity index (χ0n) is 17.8. The molecule has 2 aliphatic rings. The quantitative estimate of drug-likeness (QED) is 0.633. The number of thiophene rings is 1. The summed E-state index contributed by atoms with van der Waals surface area (Å²) in [4.78, 5) is 31.3. The Morgan fingerprint density at radius 3 is 2.63 bits per heavy atom. The van der Waals surface area contributed by atoms with Crippen molar-refractivity contribution in [3.63, 3.8) is 0 Å². The van der Waals surface area contributed by atoms with E-state index in [0.717, 1.165) is 43.4 Å². The highest BCUT2D eigenvalue weighted by molar-refractivity contribution is 7.10. The molecule has 4 rings (SSSR count). The van der Waals surface area contributed by atoms with E-state index in [1.807, 2.05) is 29.2 Å². The molecule has 1 atom stereocenters. The van der Waals surface area contributed by atoms with Gasteiger partial charge in [0.2, 0.25) is 11.8 Å². The molecule has 1 aliphatic carbocycles. The molecule has 2 amide bonds. The molecule has 160 valence electrons. The van der Waals surface area contributed by atoms with Gasteiger partial charge in [0.05, 0.1) is 19.7 Å². The Bertz CT molecular complexity index is 888. The summed E-state index contributed by atoms with van der Waals surface area (Å²) >= 11 is 1.76. The second-order valence-electron chi connectivity index (χ2n) is 8.20. The van der Waals surface area contributed by atoms with Gasteiger partial charge in [-0.05, 0) is 60.4 Å². The summed E-state index contributed by atoms with van der Waals surface area (Å²) in [5.74, 6) is 1.14. The molecular formula is C24H30N2O3S. The first-order valence-electron chi connectivity index (χ1n) is 10.9. The number of unbranched alkanes of at least 4 members (excludes halogenated alkanes) is 1. The van der Waals surface area contributed by atoms with Gasteiger partial charge in [0.1, 0.15) is 5.75 Å². The van der Waals surface area contributed by atoms with Crippen LogP contribution >= 0.6 is 11.3 Å². The van der Waals surface area contributed by atoms with Gasteiger partial charge < -0.3 is 14.5 Å². The van der Waals surface area contributed by atoms with Gasteiger partial charge in [-0.15, -0.1) is 11.3 Å². The molecular weight excluding hydrogens is 396 g/mol. The number of benzene rings is 1. The fourth-order valence-corrected chi connectivity index (χ4v) is 5.09. The molecule has 30 heavy (non-hydrogen) atoms. The third kappa shape index (κ3) is 4.38. The molecule has 2 heterocycles. The Morgan fingerprint density at radius 2 is 1.97 bits per heavy atom. The zero-order valence-corrected chi connectivity index (χ0v) is 18.6. The van der Waals surface area contributed by atoms with Crippen LogP contribution < -0.4 is 4.74 Å². The lowest BCUT2D eigenvalue weighted by atomic mass is 9.93. The standard InChI is InChI=1S/C24H30N2O3S/c1-3-4-13-25(24(28)18-5-6-18)16-22(27)26-14-11-21-20(12-15-30-21)23(26)17-7-9-19(29-2)10-8-17/h7-10,12,15,18,23H,3-6,11,13-14,16H2,1-2H3. The van der Waals surface area contributed by atoms with Crippen LogP contribution in [0.15, 0.2) is 35.7 Å². The SMILES string of the molecule is CCCCN(CC(=O)N1CCc2sccc2C1c1ccc(OC)cc1)C(=O)C1CC1. The number of hydrogen-bond acceptors (Lipinski definition) is 4. The predicted molar refractivity (Wildman–Crippen MR) is 119 cm³/mol. The molecule has 1 fully saturated rings. The van der Waals surface area contributed by atoms with Crippen molar-refractivity contribution < 1.29 is 14.3 Å². The maximum atomic E-state index is 13.5. The average Bonchev–Trinajstić information content (AvgIpc) is 3.52. The molecule has 0 spiro atoms. The number of amides is 2. The van der Waals surface area contributed by atoms with Crippen molar-refractivity contribution in [2.75, 3.05) is 26.7 Å². The second-order valence-corrected chi connectivity index (χ2v) is 9.20. The molecule has 1 aromatic carbocycles. The summed E-state index contributed by atoms with van der Waals surface area (Å²) in [5.41, 5.74) is 2.29. The van der Waals surface area contributed by atoms with Crippen LogP contribution in [0.3, 0.4) is 0 Å². The largest absolute Gasteiger partial charge is 0.497 e. The normalized spacial score (nSPS) is 18.1. The Labute approximate surface area is 182 Å². The lowest BCUT2D eigenvalue weighted by Crippen LogP contribution is -2.47. The number of methoxy groups -OCH3 is 1. The highest BCUT2D eigenvalue weighted by atomic mass is 32.1. The van der Waals surface area contributed by atoms with E-state index in [9.17, 15) is 9.59 Å². The van der Waals surface area contributed by atoms with Crippen molar-refractivity contribution in [1.29, 1.82) is 0 Å². The molecule has 0 saturated heterocycles. The van der Waals surface area contributed by atoms with Crippen LogP contribution in [0.25, 0.3) is 0 Å². The van der Waals surface area contributed by atoms with Crippen molar-refractivity contribution in [2.24, 2.45) is 5.92 Å². The average molecular weight is 427 g/mol. The molecule has 1 saturated carbocycles. The third-order valence-corrected chi connectivity index (χ3v) is 7.06. The van der Waals surface area contributed by atoms with E-state index in [-0.39, 0.29) is 30.3 Å². The van der Waals surface area contributed by atoms with Gasteiger partial charge in [0.25, 0.3) is 0 Å². The summed E-state index contributed by atoms with van der Waals surface area (Å²) in [6, 6.07) is 10.0. The summed E-state index contributed by atoms with van der Waals surface area (Å²) in [6.45, 7) is 3.65.